The fourth-order valence-electron chi connectivity index (χ4n) is 3.20. The van der Waals surface area contributed by atoms with Gasteiger partial charge in [-0.1, -0.05) is 0 Å². The van der Waals surface area contributed by atoms with Crippen molar-refractivity contribution in [1.29, 1.82) is 0 Å². The van der Waals surface area contributed by atoms with Gasteiger partial charge in [-0.05, 0) is 52.2 Å². The highest BCUT2D eigenvalue weighted by atomic mass is 16.1. The molecule has 0 saturated carbocycles. The molecule has 1 N–H and O–H groups in total. The van der Waals surface area contributed by atoms with E-state index in [9.17, 15) is 4.79 Å². The second-order valence-electron chi connectivity index (χ2n) is 6.59. The molecule has 1 amide bonds. The highest BCUT2D eigenvalue weighted by molar-refractivity contribution is 5.76. The van der Waals surface area contributed by atoms with Crippen molar-refractivity contribution in [2.45, 2.75) is 53.5 Å². The van der Waals surface area contributed by atoms with Crippen molar-refractivity contribution >= 4 is 11.7 Å². The zero-order chi connectivity index (χ0) is 18.7. The highest BCUT2D eigenvalue weighted by Crippen LogP contribution is 2.14. The minimum absolute atomic E-state index is 0.0517. The molecule has 0 aliphatic heterocycles. The van der Waals surface area contributed by atoms with Gasteiger partial charge in [0.1, 0.15) is 6.33 Å². The third-order valence-corrected chi connectivity index (χ3v) is 4.56. The van der Waals surface area contributed by atoms with Gasteiger partial charge >= 0.3 is 0 Å². The monoisotopic (exact) mass is 355 g/mol. The molecular weight excluding hydrogens is 330 g/mol. The maximum absolute atomic E-state index is 12.1. The lowest BCUT2D eigenvalue weighted by atomic mass is 10.1. The molecule has 0 atom stereocenters. The molecule has 138 valence electrons. The number of amides is 1. The van der Waals surface area contributed by atoms with Crippen LogP contribution in [0.5, 0.6) is 0 Å². The summed E-state index contributed by atoms with van der Waals surface area (Å²) in [6.45, 7) is 9.42. The molecule has 0 aromatic carbocycles. The Labute approximate surface area is 152 Å². The molecule has 0 aliphatic carbocycles. The molecule has 0 bridgehead atoms. The Morgan fingerprint density at radius 2 is 2.04 bits per heavy atom. The molecule has 0 spiro atoms. The van der Waals surface area contributed by atoms with Crippen LogP contribution in [0.4, 0.5) is 0 Å². The standard InChI is InChI=1S/C18H25N7O/c1-12-10-13(2)24(23-12)9-5-8-19-17(26)7-6-16-14(3)22-18-20-11-21-25(18)15(16)4/h10-11H,5-9H2,1-4H3,(H,19,26). The van der Waals surface area contributed by atoms with E-state index in [0.29, 0.717) is 25.2 Å². The third kappa shape index (κ3) is 3.89. The number of aromatic nitrogens is 6. The average Bonchev–Trinajstić information content (AvgIpc) is 3.17. The zero-order valence-electron chi connectivity index (χ0n) is 15.8. The molecule has 0 fully saturated rings. The maximum atomic E-state index is 12.1. The van der Waals surface area contributed by atoms with Gasteiger partial charge in [0.05, 0.1) is 5.69 Å². The largest absolute Gasteiger partial charge is 0.356 e. The van der Waals surface area contributed by atoms with Crippen molar-refractivity contribution in [3.8, 4) is 0 Å². The molecule has 3 aromatic heterocycles. The van der Waals surface area contributed by atoms with Crippen LogP contribution in [0.3, 0.4) is 0 Å². The number of rotatable bonds is 7. The van der Waals surface area contributed by atoms with E-state index in [1.54, 1.807) is 4.52 Å². The lowest BCUT2D eigenvalue weighted by Crippen LogP contribution is -2.26. The van der Waals surface area contributed by atoms with Gasteiger partial charge in [0.25, 0.3) is 5.78 Å². The van der Waals surface area contributed by atoms with Crippen LogP contribution in [0.15, 0.2) is 12.4 Å². The zero-order valence-corrected chi connectivity index (χ0v) is 15.8. The first-order valence-corrected chi connectivity index (χ1v) is 8.89. The van der Waals surface area contributed by atoms with Crippen molar-refractivity contribution in [1.82, 2.24) is 34.7 Å². The molecule has 26 heavy (non-hydrogen) atoms. The SMILES string of the molecule is Cc1cc(C)n(CCCNC(=O)CCc2c(C)nc3ncnn3c2C)n1. The number of aryl methyl sites for hydroxylation is 5. The van der Waals surface area contributed by atoms with Gasteiger partial charge in [0.2, 0.25) is 5.91 Å². The summed E-state index contributed by atoms with van der Waals surface area (Å²) in [5.41, 5.74) is 5.12. The molecule has 0 unspecified atom stereocenters. The molecule has 0 aliphatic rings. The molecule has 3 aromatic rings. The van der Waals surface area contributed by atoms with Crippen molar-refractivity contribution in [2.24, 2.45) is 0 Å². The Balaban J connectivity index is 1.48. The van der Waals surface area contributed by atoms with Gasteiger partial charge in [-0.3, -0.25) is 9.48 Å². The molecular formula is C18H25N7O. The van der Waals surface area contributed by atoms with Crippen LogP contribution in [0.1, 0.15) is 41.2 Å². The summed E-state index contributed by atoms with van der Waals surface area (Å²) in [6, 6.07) is 2.06. The topological polar surface area (TPSA) is 90.0 Å². The first kappa shape index (κ1) is 18.0. The molecule has 8 nitrogen and oxygen atoms in total. The van der Waals surface area contributed by atoms with Crippen LogP contribution in [0, 0.1) is 27.7 Å². The van der Waals surface area contributed by atoms with Gasteiger partial charge in [0, 0.05) is 36.6 Å². The molecule has 8 heteroatoms. The van der Waals surface area contributed by atoms with Gasteiger partial charge < -0.3 is 5.32 Å². The summed E-state index contributed by atoms with van der Waals surface area (Å²) in [5.74, 6) is 0.646. The fraction of sp³-hybridized carbons (Fsp3) is 0.500. The minimum atomic E-state index is 0.0517. The fourth-order valence-corrected chi connectivity index (χ4v) is 3.20. The van der Waals surface area contributed by atoms with E-state index in [1.165, 1.54) is 6.33 Å². The number of carbonyl (C=O) groups excluding carboxylic acids is 1. The lowest BCUT2D eigenvalue weighted by molar-refractivity contribution is -0.121. The van der Waals surface area contributed by atoms with Crippen LogP contribution < -0.4 is 5.32 Å². The van der Waals surface area contributed by atoms with Crippen molar-refractivity contribution < 1.29 is 4.79 Å². The summed E-state index contributed by atoms with van der Waals surface area (Å²) in [7, 11) is 0. The summed E-state index contributed by atoms with van der Waals surface area (Å²) in [4.78, 5) is 20.7. The van der Waals surface area contributed by atoms with Gasteiger partial charge in [-0.15, -0.1) is 0 Å². The summed E-state index contributed by atoms with van der Waals surface area (Å²) >= 11 is 0. The van der Waals surface area contributed by atoms with E-state index in [0.717, 1.165) is 41.3 Å². The molecule has 3 rings (SSSR count). The van der Waals surface area contributed by atoms with Crippen LogP contribution in [-0.2, 0) is 17.8 Å². The molecule has 0 radical (unpaired) electrons. The third-order valence-electron chi connectivity index (χ3n) is 4.56. The van der Waals surface area contributed by atoms with E-state index in [4.69, 9.17) is 0 Å². The second-order valence-corrected chi connectivity index (χ2v) is 6.59. The lowest BCUT2D eigenvalue weighted by Gasteiger charge is -2.11. The Kier molecular flexibility index (Phi) is 5.29. The van der Waals surface area contributed by atoms with Crippen LogP contribution in [-0.4, -0.2) is 41.8 Å². The summed E-state index contributed by atoms with van der Waals surface area (Å²) in [5, 5.41) is 11.6. The van der Waals surface area contributed by atoms with E-state index in [1.807, 2.05) is 32.4 Å². The summed E-state index contributed by atoms with van der Waals surface area (Å²) in [6.07, 6.45) is 3.43. The molecule has 0 saturated heterocycles. The van der Waals surface area contributed by atoms with Crippen molar-refractivity contribution in [3.63, 3.8) is 0 Å². The maximum Gasteiger partial charge on any atom is 0.252 e. The Bertz CT molecular complexity index is 925. The number of hydrogen-bond donors (Lipinski definition) is 1. The van der Waals surface area contributed by atoms with E-state index in [2.05, 4.69) is 31.5 Å². The predicted molar refractivity (Wildman–Crippen MR) is 97.9 cm³/mol. The average molecular weight is 355 g/mol. The first-order chi connectivity index (χ1) is 12.5. The Morgan fingerprint density at radius 1 is 1.23 bits per heavy atom. The van der Waals surface area contributed by atoms with Crippen molar-refractivity contribution in [2.75, 3.05) is 6.54 Å². The van der Waals surface area contributed by atoms with E-state index in [-0.39, 0.29) is 5.91 Å². The highest BCUT2D eigenvalue weighted by Gasteiger charge is 2.12. The van der Waals surface area contributed by atoms with Gasteiger partial charge in [-0.25, -0.2) is 9.50 Å². The normalized spacial score (nSPS) is 11.2. The number of hydrogen-bond acceptors (Lipinski definition) is 5. The van der Waals surface area contributed by atoms with E-state index >= 15 is 0 Å². The van der Waals surface area contributed by atoms with Gasteiger partial charge in [-0.2, -0.15) is 15.2 Å². The number of carbonyl (C=O) groups is 1. The van der Waals surface area contributed by atoms with Gasteiger partial charge in [0.15, 0.2) is 0 Å². The Morgan fingerprint density at radius 3 is 2.77 bits per heavy atom. The quantitative estimate of drug-likeness (QED) is 0.652. The Hall–Kier alpha value is -2.77. The minimum Gasteiger partial charge on any atom is -0.356 e. The van der Waals surface area contributed by atoms with Crippen LogP contribution >= 0.6 is 0 Å². The van der Waals surface area contributed by atoms with E-state index < -0.39 is 0 Å². The van der Waals surface area contributed by atoms with Crippen LogP contribution in [0.25, 0.3) is 5.78 Å². The van der Waals surface area contributed by atoms with Crippen molar-refractivity contribution in [3.05, 3.63) is 40.7 Å². The predicted octanol–water partition coefficient (Wildman–Crippen LogP) is 1.69. The smallest absolute Gasteiger partial charge is 0.252 e. The number of nitrogens with zero attached hydrogens (tertiary/aromatic N) is 6. The van der Waals surface area contributed by atoms with Crippen LogP contribution in [0.2, 0.25) is 0 Å². The second kappa shape index (κ2) is 7.63. The molecule has 3 heterocycles. The number of fused-ring (bicyclic) bond motifs is 1. The first-order valence-electron chi connectivity index (χ1n) is 8.89. The summed E-state index contributed by atoms with van der Waals surface area (Å²) < 4.78 is 3.70. The number of nitrogens with one attached hydrogen (secondary N) is 1.